The fourth-order valence-electron chi connectivity index (χ4n) is 2.59. The molecule has 1 aromatic heterocycles. The molecular weight excluding hydrogens is 378 g/mol. The molecule has 0 saturated heterocycles. The fourth-order valence-corrected chi connectivity index (χ4v) is 2.72. The molecule has 0 unspecified atom stereocenters. The molecule has 6 nitrogen and oxygen atoms in total. The maximum atomic E-state index is 8.36. The van der Waals surface area contributed by atoms with Gasteiger partial charge in [-0.3, -0.25) is 0 Å². The highest BCUT2D eigenvalue weighted by atomic mass is 35.5. The van der Waals surface area contributed by atoms with Crippen LogP contribution in [0.25, 0.3) is 11.8 Å². The van der Waals surface area contributed by atoms with Crippen molar-refractivity contribution in [2.24, 2.45) is 0 Å². The van der Waals surface area contributed by atoms with E-state index >= 15 is 0 Å². The van der Waals surface area contributed by atoms with Crippen molar-refractivity contribution in [2.75, 3.05) is 0 Å². The molecular formula is C21H22ClN3O3. The molecule has 0 bridgehead atoms. The highest BCUT2D eigenvalue weighted by Crippen LogP contribution is 2.28. The van der Waals surface area contributed by atoms with Gasteiger partial charge in [0.1, 0.15) is 0 Å². The lowest BCUT2D eigenvalue weighted by atomic mass is 9.86. The van der Waals surface area contributed by atoms with Gasteiger partial charge in [0.2, 0.25) is 0 Å². The van der Waals surface area contributed by atoms with Gasteiger partial charge in [-0.25, -0.2) is 4.98 Å². The molecule has 0 aliphatic carbocycles. The Morgan fingerprint density at radius 3 is 2.04 bits per heavy atom. The average molecular weight is 400 g/mol. The number of nitrogens with zero attached hydrogens (tertiary/aromatic N) is 3. The lowest BCUT2D eigenvalue weighted by molar-refractivity contribution is -0.742. The van der Waals surface area contributed by atoms with E-state index in [1.165, 1.54) is 11.1 Å². The standard InChI is InChI=1S/C21H21ClN2.HNO3/c1-21(2,3)18-8-4-16(5-9-18)20(14-24-13-12-23-15-24)17-6-10-19(22)11-7-17;2-1(3)4/h4-15H,1-3H3;(H,2,3,4)/b20-14-;. The fraction of sp³-hybridized carbons (Fsp3) is 0.190. The molecule has 2 aromatic carbocycles. The van der Waals surface area contributed by atoms with E-state index in [-0.39, 0.29) is 5.41 Å². The predicted molar refractivity (Wildman–Crippen MR) is 111 cm³/mol. The molecule has 7 heteroatoms. The molecule has 146 valence electrons. The third kappa shape index (κ3) is 6.25. The zero-order chi connectivity index (χ0) is 20.7. The summed E-state index contributed by atoms with van der Waals surface area (Å²) >= 11 is 6.04. The number of imidazole rings is 1. The second kappa shape index (κ2) is 9.19. The number of hydrogen-bond acceptors (Lipinski definition) is 3. The Kier molecular flexibility index (Phi) is 6.95. The average Bonchev–Trinajstić information content (AvgIpc) is 3.13. The number of benzene rings is 2. The van der Waals surface area contributed by atoms with Gasteiger partial charge in [-0.2, -0.15) is 0 Å². The topological polar surface area (TPSA) is 81.2 Å². The maximum Gasteiger partial charge on any atom is 0.291 e. The first kappa shape index (κ1) is 21.2. The van der Waals surface area contributed by atoms with Gasteiger partial charge < -0.3 is 9.77 Å². The van der Waals surface area contributed by atoms with Crippen molar-refractivity contribution in [2.45, 2.75) is 26.2 Å². The molecule has 0 aliphatic rings. The van der Waals surface area contributed by atoms with Crippen LogP contribution in [-0.4, -0.2) is 19.8 Å². The monoisotopic (exact) mass is 399 g/mol. The predicted octanol–water partition coefficient (Wildman–Crippen LogP) is 5.53. The molecule has 0 amide bonds. The Balaban J connectivity index is 0.000000640. The molecule has 0 radical (unpaired) electrons. The molecule has 0 fully saturated rings. The minimum Gasteiger partial charge on any atom is -0.328 e. The third-order valence-electron chi connectivity index (χ3n) is 4.02. The van der Waals surface area contributed by atoms with Crippen LogP contribution < -0.4 is 0 Å². The second-order valence-electron chi connectivity index (χ2n) is 7.12. The van der Waals surface area contributed by atoms with E-state index in [4.69, 9.17) is 26.9 Å². The molecule has 3 aromatic rings. The quantitative estimate of drug-likeness (QED) is 0.463. The highest BCUT2D eigenvalue weighted by molar-refractivity contribution is 6.30. The van der Waals surface area contributed by atoms with Gasteiger partial charge in [-0.1, -0.05) is 68.8 Å². The largest absolute Gasteiger partial charge is 0.328 e. The van der Waals surface area contributed by atoms with Crippen LogP contribution in [0.1, 0.15) is 37.5 Å². The summed E-state index contributed by atoms with van der Waals surface area (Å²) in [5.74, 6) is 0. The van der Waals surface area contributed by atoms with E-state index in [2.05, 4.69) is 56.2 Å². The summed E-state index contributed by atoms with van der Waals surface area (Å²) in [6.45, 7) is 6.68. The summed E-state index contributed by atoms with van der Waals surface area (Å²) in [6, 6.07) is 16.7. The molecule has 0 aliphatic heterocycles. The van der Waals surface area contributed by atoms with E-state index in [1.807, 2.05) is 35.0 Å². The Hall–Kier alpha value is -3.12. The second-order valence-corrected chi connectivity index (χ2v) is 7.56. The zero-order valence-electron chi connectivity index (χ0n) is 15.9. The van der Waals surface area contributed by atoms with Crippen molar-refractivity contribution < 1.29 is 10.3 Å². The lowest BCUT2D eigenvalue weighted by Gasteiger charge is -2.19. The van der Waals surface area contributed by atoms with Crippen LogP contribution in [0.15, 0.2) is 67.3 Å². The Labute approximate surface area is 168 Å². The highest BCUT2D eigenvalue weighted by Gasteiger charge is 2.14. The maximum absolute atomic E-state index is 8.36. The first-order valence-corrected chi connectivity index (χ1v) is 8.94. The molecule has 0 saturated carbocycles. The van der Waals surface area contributed by atoms with Crippen LogP contribution >= 0.6 is 11.6 Å². The molecule has 28 heavy (non-hydrogen) atoms. The van der Waals surface area contributed by atoms with E-state index < -0.39 is 5.09 Å². The number of aromatic nitrogens is 2. The number of hydrogen-bond donors (Lipinski definition) is 1. The van der Waals surface area contributed by atoms with Gasteiger partial charge in [-0.05, 0) is 34.2 Å². The minimum absolute atomic E-state index is 0.146. The van der Waals surface area contributed by atoms with Crippen molar-refractivity contribution >= 4 is 23.4 Å². The first-order chi connectivity index (χ1) is 13.2. The minimum atomic E-state index is -1.50. The van der Waals surface area contributed by atoms with Crippen molar-refractivity contribution in [1.82, 2.24) is 9.55 Å². The Morgan fingerprint density at radius 2 is 1.61 bits per heavy atom. The van der Waals surface area contributed by atoms with E-state index in [0.717, 1.165) is 16.2 Å². The molecule has 3 rings (SSSR count). The van der Waals surface area contributed by atoms with Gasteiger partial charge in [0.15, 0.2) is 0 Å². The summed E-state index contributed by atoms with van der Waals surface area (Å²) < 4.78 is 1.96. The lowest BCUT2D eigenvalue weighted by Crippen LogP contribution is -2.10. The van der Waals surface area contributed by atoms with E-state index in [0.29, 0.717) is 0 Å². The third-order valence-corrected chi connectivity index (χ3v) is 4.27. The SMILES string of the molecule is CC(C)(C)c1ccc(/C(=C/n2ccnc2)c2ccc(Cl)cc2)cc1.O=[N+]([O-])O. The van der Waals surface area contributed by atoms with Crippen LogP contribution in [0, 0.1) is 10.1 Å². The summed E-state index contributed by atoms with van der Waals surface area (Å²) in [5, 5.41) is 14.4. The van der Waals surface area contributed by atoms with Gasteiger partial charge in [-0.15, -0.1) is 10.1 Å². The van der Waals surface area contributed by atoms with Crippen molar-refractivity contribution in [3.8, 4) is 0 Å². The first-order valence-electron chi connectivity index (χ1n) is 8.56. The van der Waals surface area contributed by atoms with Crippen LogP contribution in [0.5, 0.6) is 0 Å². The van der Waals surface area contributed by atoms with E-state index in [9.17, 15) is 0 Å². The molecule has 0 spiro atoms. The number of rotatable bonds is 3. The van der Waals surface area contributed by atoms with Crippen LogP contribution in [-0.2, 0) is 5.41 Å². The summed E-state index contributed by atoms with van der Waals surface area (Å²) in [4.78, 5) is 12.5. The van der Waals surface area contributed by atoms with Gasteiger partial charge in [0.05, 0.1) is 6.33 Å². The van der Waals surface area contributed by atoms with E-state index in [1.54, 1.807) is 12.5 Å². The molecule has 1 heterocycles. The summed E-state index contributed by atoms with van der Waals surface area (Å²) in [7, 11) is 0. The molecule has 0 atom stereocenters. The van der Waals surface area contributed by atoms with Crippen LogP contribution in [0.2, 0.25) is 5.02 Å². The summed E-state index contributed by atoms with van der Waals surface area (Å²) in [5.41, 5.74) is 4.89. The van der Waals surface area contributed by atoms with Gasteiger partial charge in [0.25, 0.3) is 5.09 Å². The Morgan fingerprint density at radius 1 is 1.11 bits per heavy atom. The summed E-state index contributed by atoms with van der Waals surface area (Å²) in [6.07, 6.45) is 7.58. The zero-order valence-corrected chi connectivity index (χ0v) is 16.7. The normalized spacial score (nSPS) is 11.5. The van der Waals surface area contributed by atoms with Gasteiger partial charge >= 0.3 is 0 Å². The van der Waals surface area contributed by atoms with Crippen molar-refractivity contribution in [3.05, 3.63) is 99.1 Å². The smallest absolute Gasteiger partial charge is 0.291 e. The number of halogens is 1. The van der Waals surface area contributed by atoms with Crippen molar-refractivity contribution in [1.29, 1.82) is 0 Å². The van der Waals surface area contributed by atoms with Crippen molar-refractivity contribution in [3.63, 3.8) is 0 Å². The van der Waals surface area contributed by atoms with Crippen LogP contribution in [0.3, 0.4) is 0 Å². The Bertz CT molecular complexity index is 923. The molecule has 1 N–H and O–H groups in total. The van der Waals surface area contributed by atoms with Crippen LogP contribution in [0.4, 0.5) is 0 Å². The van der Waals surface area contributed by atoms with Gasteiger partial charge in [0, 0.05) is 29.2 Å².